The molecule has 2 bridgehead atoms. The third-order valence-corrected chi connectivity index (χ3v) is 6.71. The molecule has 4 unspecified atom stereocenters. The largest absolute Gasteiger partial charge is 0.379 e. The molecule has 1 saturated carbocycles. The van der Waals surface area contributed by atoms with Gasteiger partial charge < -0.3 is 15.4 Å². The first-order valence-corrected chi connectivity index (χ1v) is 11.0. The van der Waals surface area contributed by atoms with Gasteiger partial charge in [0, 0.05) is 39.8 Å². The average molecular weight is 404 g/mol. The van der Waals surface area contributed by atoms with Crippen LogP contribution in [0.5, 0.6) is 0 Å². The molecule has 2 heterocycles. The van der Waals surface area contributed by atoms with Crippen molar-refractivity contribution in [1.82, 2.24) is 20.4 Å². The van der Waals surface area contributed by atoms with E-state index >= 15 is 0 Å². The van der Waals surface area contributed by atoms with Gasteiger partial charge in [0.2, 0.25) is 11.8 Å². The second kappa shape index (κ2) is 9.26. The number of hydrogen-bond donors (Lipinski definition) is 2. The van der Waals surface area contributed by atoms with Crippen LogP contribution in [0.3, 0.4) is 0 Å². The van der Waals surface area contributed by atoms with Crippen LogP contribution < -0.4 is 10.6 Å². The lowest BCUT2D eigenvalue weighted by molar-refractivity contribution is -0.140. The van der Waals surface area contributed by atoms with Crippen molar-refractivity contribution in [2.24, 2.45) is 28.7 Å². The van der Waals surface area contributed by atoms with Gasteiger partial charge in [-0.1, -0.05) is 12.2 Å². The fourth-order valence-electron chi connectivity index (χ4n) is 5.18. The van der Waals surface area contributed by atoms with Crippen LogP contribution in [0.2, 0.25) is 0 Å². The van der Waals surface area contributed by atoms with Crippen LogP contribution in [0.25, 0.3) is 0 Å². The van der Waals surface area contributed by atoms with Crippen molar-refractivity contribution in [2.75, 3.05) is 59.5 Å². The smallest absolute Gasteiger partial charge is 0.233 e. The molecule has 4 aliphatic rings. The fourth-order valence-corrected chi connectivity index (χ4v) is 5.18. The Morgan fingerprint density at radius 1 is 1.03 bits per heavy atom. The van der Waals surface area contributed by atoms with Gasteiger partial charge in [0.25, 0.3) is 0 Å². The van der Waals surface area contributed by atoms with Crippen LogP contribution in [0, 0.1) is 23.7 Å². The zero-order valence-corrected chi connectivity index (χ0v) is 17.3. The number of fused-ring (bicyclic) bond motifs is 5. The summed E-state index contributed by atoms with van der Waals surface area (Å²) < 4.78 is 5.37. The zero-order chi connectivity index (χ0) is 20.2. The number of nitrogens with zero attached hydrogens (tertiary/aromatic N) is 3. The molecule has 160 valence electrons. The van der Waals surface area contributed by atoms with E-state index in [2.05, 4.69) is 32.7 Å². The molecule has 2 aliphatic carbocycles. The van der Waals surface area contributed by atoms with Gasteiger partial charge in [0.15, 0.2) is 5.96 Å². The van der Waals surface area contributed by atoms with Crippen molar-refractivity contribution in [3.8, 4) is 0 Å². The van der Waals surface area contributed by atoms with Gasteiger partial charge >= 0.3 is 0 Å². The number of nitrogens with one attached hydrogen (secondary N) is 2. The van der Waals surface area contributed by atoms with E-state index in [1.54, 1.807) is 7.05 Å². The van der Waals surface area contributed by atoms with Crippen molar-refractivity contribution in [2.45, 2.75) is 19.3 Å². The number of likely N-dealkylation sites (tertiary alicyclic amines) is 1. The highest BCUT2D eigenvalue weighted by molar-refractivity contribution is 6.06. The number of hydrogen-bond acceptors (Lipinski definition) is 5. The molecule has 0 radical (unpaired) electrons. The van der Waals surface area contributed by atoms with E-state index < -0.39 is 0 Å². The summed E-state index contributed by atoms with van der Waals surface area (Å²) in [4.78, 5) is 33.5. The molecule has 4 rings (SSSR count). The molecule has 2 amide bonds. The van der Waals surface area contributed by atoms with Gasteiger partial charge in [-0.2, -0.15) is 0 Å². The lowest BCUT2D eigenvalue weighted by Gasteiger charge is -2.26. The Morgan fingerprint density at radius 2 is 1.69 bits per heavy atom. The number of rotatable bonds is 8. The van der Waals surface area contributed by atoms with Crippen molar-refractivity contribution in [3.05, 3.63) is 12.2 Å². The van der Waals surface area contributed by atoms with E-state index in [-0.39, 0.29) is 35.5 Å². The van der Waals surface area contributed by atoms with Gasteiger partial charge in [-0.05, 0) is 37.6 Å². The highest BCUT2D eigenvalue weighted by atomic mass is 16.5. The summed E-state index contributed by atoms with van der Waals surface area (Å²) in [6.45, 7) is 6.63. The van der Waals surface area contributed by atoms with E-state index in [0.717, 1.165) is 64.6 Å². The predicted octanol–water partition coefficient (Wildman–Crippen LogP) is 0.0709. The second-order valence-corrected chi connectivity index (χ2v) is 8.41. The highest BCUT2D eigenvalue weighted by Gasteiger charge is 2.58. The Morgan fingerprint density at radius 3 is 2.34 bits per heavy atom. The van der Waals surface area contributed by atoms with E-state index in [4.69, 9.17) is 4.74 Å². The number of morpholine rings is 1. The number of guanidine groups is 1. The van der Waals surface area contributed by atoms with E-state index in [9.17, 15) is 9.59 Å². The van der Waals surface area contributed by atoms with E-state index in [1.807, 2.05) is 0 Å². The molecule has 2 saturated heterocycles. The first kappa shape index (κ1) is 20.3. The van der Waals surface area contributed by atoms with E-state index in [0.29, 0.717) is 13.1 Å². The van der Waals surface area contributed by atoms with Crippen molar-refractivity contribution < 1.29 is 14.3 Å². The highest BCUT2D eigenvalue weighted by Crippen LogP contribution is 2.52. The number of amides is 2. The second-order valence-electron chi connectivity index (χ2n) is 8.41. The SMILES string of the molecule is CN=C(NCCCCN1CCOCC1)NCCN1C(=O)C2C3C=CC(C3)C2C1=O. The minimum absolute atomic E-state index is 0.0182. The maximum Gasteiger partial charge on any atom is 0.233 e. The molecule has 8 nitrogen and oxygen atoms in total. The summed E-state index contributed by atoms with van der Waals surface area (Å²) in [6.07, 6.45) is 7.44. The summed E-state index contributed by atoms with van der Waals surface area (Å²) in [5.74, 6) is 1.08. The molecule has 29 heavy (non-hydrogen) atoms. The predicted molar refractivity (Wildman–Crippen MR) is 110 cm³/mol. The minimum atomic E-state index is -0.110. The third-order valence-electron chi connectivity index (χ3n) is 6.71. The summed E-state index contributed by atoms with van der Waals surface area (Å²) in [6, 6.07) is 0. The number of carbonyl (C=O) groups is 2. The molecule has 3 fully saturated rings. The molecule has 2 N–H and O–H groups in total. The molecule has 0 aromatic heterocycles. The third kappa shape index (κ3) is 4.33. The molecule has 0 aromatic carbocycles. The number of carbonyl (C=O) groups excluding carboxylic acids is 2. The number of allylic oxidation sites excluding steroid dienone is 2. The maximum atomic E-state index is 12.7. The molecule has 2 aliphatic heterocycles. The normalized spacial score (nSPS) is 31.6. The summed E-state index contributed by atoms with van der Waals surface area (Å²) >= 11 is 0. The van der Waals surface area contributed by atoms with Crippen molar-refractivity contribution in [1.29, 1.82) is 0 Å². The molecule has 0 spiro atoms. The zero-order valence-electron chi connectivity index (χ0n) is 17.3. The molecule has 8 heteroatoms. The van der Waals surface area contributed by atoms with Gasteiger partial charge in [-0.3, -0.25) is 24.4 Å². The van der Waals surface area contributed by atoms with Crippen LogP contribution in [0.4, 0.5) is 0 Å². The van der Waals surface area contributed by atoms with Crippen LogP contribution in [-0.2, 0) is 14.3 Å². The number of imide groups is 1. The fraction of sp³-hybridized carbons (Fsp3) is 0.762. The average Bonchev–Trinajstić information content (AvgIpc) is 3.42. The summed E-state index contributed by atoms with van der Waals surface area (Å²) in [5, 5.41) is 6.55. The summed E-state index contributed by atoms with van der Waals surface area (Å²) in [5.41, 5.74) is 0. The van der Waals surface area contributed by atoms with Crippen LogP contribution >= 0.6 is 0 Å². The molecular weight excluding hydrogens is 370 g/mol. The van der Waals surface area contributed by atoms with Gasteiger partial charge in [0.1, 0.15) is 0 Å². The van der Waals surface area contributed by atoms with Crippen molar-refractivity contribution >= 4 is 17.8 Å². The maximum absolute atomic E-state index is 12.7. The quantitative estimate of drug-likeness (QED) is 0.196. The van der Waals surface area contributed by atoms with Gasteiger partial charge in [-0.15, -0.1) is 0 Å². The Bertz CT molecular complexity index is 643. The molecule has 0 aromatic rings. The van der Waals surface area contributed by atoms with Gasteiger partial charge in [0.05, 0.1) is 25.0 Å². The summed E-state index contributed by atoms with van der Waals surface area (Å²) in [7, 11) is 1.74. The van der Waals surface area contributed by atoms with E-state index in [1.165, 1.54) is 4.90 Å². The number of unbranched alkanes of at least 4 members (excludes halogenated alkanes) is 1. The van der Waals surface area contributed by atoms with Crippen molar-refractivity contribution in [3.63, 3.8) is 0 Å². The minimum Gasteiger partial charge on any atom is -0.379 e. The van der Waals surface area contributed by atoms with Crippen LogP contribution in [-0.4, -0.2) is 87.1 Å². The van der Waals surface area contributed by atoms with Crippen LogP contribution in [0.1, 0.15) is 19.3 Å². The van der Waals surface area contributed by atoms with Gasteiger partial charge in [-0.25, -0.2) is 0 Å². The Kier molecular flexibility index (Phi) is 6.50. The molecular formula is C21H33N5O3. The Balaban J connectivity index is 1.13. The first-order valence-electron chi connectivity index (χ1n) is 11.0. The topological polar surface area (TPSA) is 86.3 Å². The molecule has 4 atom stereocenters. The number of ether oxygens (including phenoxy) is 1. The first-order chi connectivity index (χ1) is 14.2. The number of aliphatic imine (C=N–C) groups is 1. The monoisotopic (exact) mass is 403 g/mol. The standard InChI is InChI=1S/C21H33N5O3/c1-22-21(23-6-2-3-8-25-10-12-29-13-11-25)24-7-9-26-19(27)17-15-4-5-16(14-15)18(17)20(26)28/h4-5,15-18H,2-3,6-14H2,1H3,(H2,22,23,24). The Labute approximate surface area is 172 Å². The lowest BCUT2D eigenvalue weighted by atomic mass is 9.85. The lowest BCUT2D eigenvalue weighted by Crippen LogP contribution is -2.44. The van der Waals surface area contributed by atoms with Crippen LogP contribution in [0.15, 0.2) is 17.1 Å². The Hall–Kier alpha value is -1.93.